The average molecular weight is 327 g/mol. The lowest BCUT2D eigenvalue weighted by Gasteiger charge is -2.17. The number of H-pyrrole nitrogens is 1. The van der Waals surface area contributed by atoms with Crippen LogP contribution in [-0.4, -0.2) is 16.5 Å². The maximum Gasteiger partial charge on any atom is 0.111 e. The summed E-state index contributed by atoms with van der Waals surface area (Å²) < 4.78 is 13.5. The fourth-order valence-corrected chi connectivity index (χ4v) is 2.33. The molecule has 2 aromatic rings. The van der Waals surface area contributed by atoms with Gasteiger partial charge in [0.1, 0.15) is 6.67 Å². The van der Waals surface area contributed by atoms with E-state index in [1.165, 1.54) is 5.56 Å². The molecule has 0 amide bonds. The van der Waals surface area contributed by atoms with Gasteiger partial charge in [-0.15, -0.1) is 0 Å². The summed E-state index contributed by atoms with van der Waals surface area (Å²) in [5.74, 6) is 0.455. The molecule has 0 aliphatic carbocycles. The van der Waals surface area contributed by atoms with Gasteiger partial charge in [0, 0.05) is 18.8 Å². The van der Waals surface area contributed by atoms with Crippen LogP contribution in [0.5, 0.6) is 0 Å². The molecule has 0 bridgehead atoms. The molecule has 0 radical (unpaired) electrons. The van der Waals surface area contributed by atoms with Crippen molar-refractivity contribution in [2.45, 2.75) is 33.6 Å². The zero-order chi connectivity index (χ0) is 18.3. The topological polar surface area (TPSA) is 44.5 Å². The summed E-state index contributed by atoms with van der Waals surface area (Å²) in [4.78, 5) is 0. The summed E-state index contributed by atoms with van der Waals surface area (Å²) >= 11 is 0. The second-order valence-corrected chi connectivity index (χ2v) is 6.30. The van der Waals surface area contributed by atoms with Crippen LogP contribution in [-0.2, 0) is 7.05 Å². The van der Waals surface area contributed by atoms with Crippen molar-refractivity contribution in [1.29, 1.82) is 5.26 Å². The standard InChI is InChI=1S/C13H15N3.C7H11F/c1-9(2)11-5-4-10(7-14)6-12(11)13-8-16(3)15-13;1-6(2)4-7(3)5-8/h4-6,8-9,15H,1-3H3;4H,1,5H2,2-3H3/b;7-4-. The fourth-order valence-electron chi connectivity index (χ4n) is 2.33. The highest BCUT2D eigenvalue weighted by Gasteiger charge is 2.12. The number of aryl methyl sites for hydroxylation is 1. The largest absolute Gasteiger partial charge is 0.297 e. The van der Waals surface area contributed by atoms with Gasteiger partial charge in [0.05, 0.1) is 17.3 Å². The summed E-state index contributed by atoms with van der Waals surface area (Å²) in [5, 5.41) is 12.1. The predicted molar refractivity (Wildman–Crippen MR) is 98.5 cm³/mol. The number of hydrogen-bond acceptors (Lipinski definition) is 1. The van der Waals surface area contributed by atoms with Crippen molar-refractivity contribution in [3.8, 4) is 17.3 Å². The van der Waals surface area contributed by atoms with Crippen molar-refractivity contribution < 1.29 is 4.39 Å². The number of nitrogens with one attached hydrogen (secondary N) is 1. The number of aromatic nitrogens is 2. The van der Waals surface area contributed by atoms with Crippen LogP contribution in [0.2, 0.25) is 0 Å². The smallest absolute Gasteiger partial charge is 0.111 e. The van der Waals surface area contributed by atoms with Gasteiger partial charge in [-0.3, -0.25) is 9.78 Å². The van der Waals surface area contributed by atoms with Crippen molar-refractivity contribution in [1.82, 2.24) is 9.78 Å². The Kier molecular flexibility index (Phi) is 7.26. The molecule has 0 saturated heterocycles. The molecule has 3 nitrogen and oxygen atoms in total. The molecular formula is C20H26FN3. The maximum atomic E-state index is 11.6. The zero-order valence-corrected chi connectivity index (χ0v) is 15.2. The first kappa shape index (κ1) is 19.5. The number of halogens is 1. The van der Waals surface area contributed by atoms with Gasteiger partial charge in [0.25, 0.3) is 0 Å². The molecule has 128 valence electrons. The lowest BCUT2D eigenvalue weighted by atomic mass is 9.94. The monoisotopic (exact) mass is 327 g/mol. The molecule has 24 heavy (non-hydrogen) atoms. The Morgan fingerprint density at radius 2 is 2.04 bits per heavy atom. The number of benzene rings is 1. The minimum Gasteiger partial charge on any atom is -0.297 e. The molecule has 0 saturated carbocycles. The second kappa shape index (κ2) is 8.93. The molecule has 0 spiro atoms. The number of aromatic amines is 1. The normalized spacial score (nSPS) is 11.0. The minimum atomic E-state index is -0.368. The van der Waals surface area contributed by atoms with Gasteiger partial charge in [-0.2, -0.15) is 5.26 Å². The number of hydrogen-bond donors (Lipinski definition) is 1. The molecule has 4 heteroatoms. The summed E-state index contributed by atoms with van der Waals surface area (Å²) in [6, 6.07) is 8.04. The molecule has 2 rings (SSSR count). The van der Waals surface area contributed by atoms with Gasteiger partial charge < -0.3 is 0 Å². The Balaban J connectivity index is 0.000000307. The van der Waals surface area contributed by atoms with E-state index >= 15 is 0 Å². The molecule has 0 unspecified atom stereocenters. The lowest BCUT2D eigenvalue weighted by molar-refractivity contribution is 0.543. The van der Waals surface area contributed by atoms with Gasteiger partial charge in [0.15, 0.2) is 0 Å². The summed E-state index contributed by atoms with van der Waals surface area (Å²) in [7, 11) is 1.95. The van der Waals surface area contributed by atoms with Crippen LogP contribution in [0.15, 0.2) is 48.2 Å². The molecule has 1 heterocycles. The summed E-state index contributed by atoms with van der Waals surface area (Å²) in [6.07, 6.45) is 3.77. The first-order valence-electron chi connectivity index (χ1n) is 7.92. The molecule has 0 fully saturated rings. The van der Waals surface area contributed by atoms with Crippen LogP contribution in [0.1, 0.15) is 44.7 Å². The van der Waals surface area contributed by atoms with Crippen molar-refractivity contribution >= 4 is 0 Å². The zero-order valence-electron chi connectivity index (χ0n) is 15.2. The quantitative estimate of drug-likeness (QED) is 0.741. The van der Waals surface area contributed by atoms with E-state index in [4.69, 9.17) is 5.26 Å². The Hall–Kier alpha value is -2.54. The lowest BCUT2D eigenvalue weighted by Crippen LogP contribution is -2.06. The summed E-state index contributed by atoms with van der Waals surface area (Å²) in [5.41, 5.74) is 5.83. The van der Waals surface area contributed by atoms with Gasteiger partial charge in [0.2, 0.25) is 0 Å². The molecule has 0 aliphatic heterocycles. The van der Waals surface area contributed by atoms with Crippen LogP contribution in [0.3, 0.4) is 0 Å². The Morgan fingerprint density at radius 3 is 2.42 bits per heavy atom. The Morgan fingerprint density at radius 1 is 1.42 bits per heavy atom. The van der Waals surface area contributed by atoms with Crippen LogP contribution in [0.4, 0.5) is 4.39 Å². The Labute approximate surface area is 144 Å². The van der Waals surface area contributed by atoms with Crippen molar-refractivity contribution in [3.63, 3.8) is 0 Å². The number of alkyl halides is 1. The van der Waals surface area contributed by atoms with Gasteiger partial charge in [-0.25, -0.2) is 4.39 Å². The van der Waals surface area contributed by atoms with E-state index in [0.29, 0.717) is 11.5 Å². The van der Waals surface area contributed by atoms with Crippen LogP contribution < -0.4 is 0 Å². The molecule has 0 atom stereocenters. The second-order valence-electron chi connectivity index (χ2n) is 6.30. The molecule has 1 N–H and O–H groups in total. The number of nitriles is 1. The van der Waals surface area contributed by atoms with Crippen molar-refractivity contribution in [3.05, 3.63) is 59.3 Å². The Bertz CT molecular complexity index is 742. The molecule has 1 aromatic heterocycles. The number of allylic oxidation sites excluding steroid dienone is 3. The van der Waals surface area contributed by atoms with Crippen molar-refractivity contribution in [2.24, 2.45) is 7.05 Å². The highest BCUT2D eigenvalue weighted by molar-refractivity contribution is 5.66. The van der Waals surface area contributed by atoms with Crippen molar-refractivity contribution in [2.75, 3.05) is 6.67 Å². The third-order valence-corrected chi connectivity index (χ3v) is 3.42. The van der Waals surface area contributed by atoms with E-state index in [-0.39, 0.29) is 6.67 Å². The van der Waals surface area contributed by atoms with Gasteiger partial charge in [-0.05, 0) is 43.0 Å². The van der Waals surface area contributed by atoms with E-state index in [2.05, 4.69) is 31.6 Å². The third-order valence-electron chi connectivity index (χ3n) is 3.42. The highest BCUT2D eigenvalue weighted by Crippen LogP contribution is 2.29. The van der Waals surface area contributed by atoms with Gasteiger partial charge >= 0.3 is 0 Å². The van der Waals surface area contributed by atoms with Crippen LogP contribution in [0.25, 0.3) is 11.3 Å². The maximum absolute atomic E-state index is 11.6. The SMILES string of the molecule is C=C(C)/C=C(/C)CF.CC(C)c1ccc(C#N)cc1-c1cn(C)[nH]1. The molecular weight excluding hydrogens is 301 g/mol. The predicted octanol–water partition coefficient (Wildman–Crippen LogP) is 5.49. The highest BCUT2D eigenvalue weighted by atomic mass is 19.1. The van der Waals surface area contributed by atoms with E-state index in [9.17, 15) is 4.39 Å². The summed E-state index contributed by atoms with van der Waals surface area (Å²) in [6.45, 7) is 11.1. The van der Waals surface area contributed by atoms with Crippen LogP contribution >= 0.6 is 0 Å². The van der Waals surface area contributed by atoms with E-state index < -0.39 is 0 Å². The van der Waals surface area contributed by atoms with E-state index in [1.54, 1.807) is 13.0 Å². The first-order valence-corrected chi connectivity index (χ1v) is 7.92. The number of nitrogens with zero attached hydrogens (tertiary/aromatic N) is 2. The average Bonchev–Trinajstić information content (AvgIpc) is 2.51. The molecule has 0 aliphatic rings. The van der Waals surface area contributed by atoms with Gasteiger partial charge in [-0.1, -0.05) is 38.1 Å². The third kappa shape index (κ3) is 5.58. The first-order chi connectivity index (χ1) is 11.3. The van der Waals surface area contributed by atoms with E-state index in [0.717, 1.165) is 22.4 Å². The minimum absolute atomic E-state index is 0.368. The fraction of sp³-hybridized carbons (Fsp3) is 0.350. The van der Waals surface area contributed by atoms with E-state index in [1.807, 2.05) is 43.0 Å². The van der Waals surface area contributed by atoms with Crippen LogP contribution in [0, 0.1) is 11.3 Å². The number of rotatable bonds is 4. The molecule has 1 aromatic carbocycles.